The number of ether oxygens (including phenoxy) is 1. The Morgan fingerprint density at radius 1 is 1.29 bits per heavy atom. The first-order chi connectivity index (χ1) is 11.5. The number of aromatic nitrogens is 2. The standard InChI is InChI=1S/C18H17ClN4O/c1-10(24-3)17(20)18-22-15-7-4-11(8-16(15)23-18)13-6-5-12(21-2)9-14(13)19/h4-10,17H,20H2,1,3H3,(H,22,23)/t10-,17+/m1/s1. The number of aromatic amines is 1. The van der Waals surface area contributed by atoms with Crippen molar-refractivity contribution < 1.29 is 4.74 Å². The van der Waals surface area contributed by atoms with Crippen LogP contribution in [-0.4, -0.2) is 23.2 Å². The molecule has 0 aliphatic carbocycles. The van der Waals surface area contributed by atoms with Crippen molar-refractivity contribution in [3.63, 3.8) is 0 Å². The number of fused-ring (bicyclic) bond motifs is 1. The predicted octanol–water partition coefficient (Wildman–Crippen LogP) is 4.47. The summed E-state index contributed by atoms with van der Waals surface area (Å²) in [6.45, 7) is 8.95. The highest BCUT2D eigenvalue weighted by molar-refractivity contribution is 6.33. The second-order valence-corrected chi connectivity index (χ2v) is 6.00. The van der Waals surface area contributed by atoms with Gasteiger partial charge in [0.05, 0.1) is 29.8 Å². The molecule has 2 atom stereocenters. The van der Waals surface area contributed by atoms with Crippen LogP contribution >= 0.6 is 11.6 Å². The van der Waals surface area contributed by atoms with Crippen LogP contribution in [0.5, 0.6) is 0 Å². The van der Waals surface area contributed by atoms with Crippen molar-refractivity contribution in [3.05, 3.63) is 58.7 Å². The third kappa shape index (κ3) is 3.00. The quantitative estimate of drug-likeness (QED) is 0.688. The molecule has 2 aromatic carbocycles. The highest BCUT2D eigenvalue weighted by Gasteiger charge is 2.18. The Hall–Kier alpha value is -2.39. The molecule has 0 aliphatic rings. The molecule has 0 fully saturated rings. The van der Waals surface area contributed by atoms with Gasteiger partial charge in [0.1, 0.15) is 5.82 Å². The number of H-pyrrole nitrogens is 1. The molecule has 6 heteroatoms. The van der Waals surface area contributed by atoms with Gasteiger partial charge < -0.3 is 15.5 Å². The maximum Gasteiger partial charge on any atom is 0.188 e. The fourth-order valence-corrected chi connectivity index (χ4v) is 2.82. The molecular weight excluding hydrogens is 324 g/mol. The number of halogens is 1. The van der Waals surface area contributed by atoms with E-state index in [1.165, 1.54) is 0 Å². The molecule has 0 amide bonds. The molecule has 0 radical (unpaired) electrons. The summed E-state index contributed by atoms with van der Waals surface area (Å²) in [5.74, 6) is 0.686. The van der Waals surface area contributed by atoms with Gasteiger partial charge in [-0.2, -0.15) is 0 Å². The molecule has 24 heavy (non-hydrogen) atoms. The van der Waals surface area contributed by atoms with Crippen LogP contribution in [0.2, 0.25) is 5.02 Å². The van der Waals surface area contributed by atoms with Gasteiger partial charge in [-0.25, -0.2) is 9.83 Å². The first-order valence-corrected chi connectivity index (χ1v) is 7.86. The summed E-state index contributed by atoms with van der Waals surface area (Å²) in [6.07, 6.45) is -0.138. The maximum absolute atomic E-state index is 7.05. The molecule has 122 valence electrons. The van der Waals surface area contributed by atoms with Gasteiger partial charge in [-0.05, 0) is 36.2 Å². The molecule has 1 heterocycles. The average Bonchev–Trinajstić information content (AvgIpc) is 3.03. The lowest BCUT2D eigenvalue weighted by atomic mass is 10.0. The Labute approximate surface area is 145 Å². The highest BCUT2D eigenvalue weighted by Crippen LogP contribution is 2.33. The van der Waals surface area contributed by atoms with Crippen molar-refractivity contribution in [1.82, 2.24) is 9.97 Å². The van der Waals surface area contributed by atoms with Crippen molar-refractivity contribution >= 4 is 28.3 Å². The SMILES string of the molecule is [C-]#[N+]c1ccc(-c2ccc3nc([C@@H](N)[C@@H](C)OC)[nH]c3c2)c(Cl)c1. The van der Waals surface area contributed by atoms with Gasteiger partial charge in [-0.15, -0.1) is 0 Å². The second kappa shape index (κ2) is 6.62. The van der Waals surface area contributed by atoms with E-state index in [9.17, 15) is 0 Å². The van der Waals surface area contributed by atoms with Gasteiger partial charge in [0.25, 0.3) is 0 Å². The molecule has 1 aromatic heterocycles. The van der Waals surface area contributed by atoms with E-state index in [0.29, 0.717) is 16.5 Å². The summed E-state index contributed by atoms with van der Waals surface area (Å²) in [5.41, 5.74) is 10.2. The summed E-state index contributed by atoms with van der Waals surface area (Å²) in [4.78, 5) is 11.2. The second-order valence-electron chi connectivity index (χ2n) is 5.60. The first kappa shape index (κ1) is 16.5. The number of nitrogens with two attached hydrogens (primary N) is 1. The Balaban J connectivity index is 2.02. The zero-order valence-corrected chi connectivity index (χ0v) is 14.1. The number of nitrogens with one attached hydrogen (secondary N) is 1. The van der Waals surface area contributed by atoms with Crippen LogP contribution in [0.15, 0.2) is 36.4 Å². The van der Waals surface area contributed by atoms with Crippen molar-refractivity contribution in [3.8, 4) is 11.1 Å². The molecule has 0 bridgehead atoms. The summed E-state index contributed by atoms with van der Waals surface area (Å²) in [5, 5.41) is 0.548. The van der Waals surface area contributed by atoms with Gasteiger partial charge in [-0.3, -0.25) is 0 Å². The van der Waals surface area contributed by atoms with Crippen LogP contribution in [0.3, 0.4) is 0 Å². The van der Waals surface area contributed by atoms with E-state index < -0.39 is 0 Å². The number of imidazole rings is 1. The largest absolute Gasteiger partial charge is 0.380 e. The number of hydrogen-bond acceptors (Lipinski definition) is 3. The van der Waals surface area contributed by atoms with Gasteiger partial charge in [0.15, 0.2) is 5.69 Å². The minimum absolute atomic E-state index is 0.138. The van der Waals surface area contributed by atoms with Gasteiger partial charge in [0.2, 0.25) is 0 Å². The number of hydrogen-bond donors (Lipinski definition) is 2. The molecule has 0 spiro atoms. The fourth-order valence-electron chi connectivity index (χ4n) is 2.53. The van der Waals surface area contributed by atoms with Gasteiger partial charge in [-0.1, -0.05) is 29.8 Å². The van der Waals surface area contributed by atoms with E-state index in [1.54, 1.807) is 19.2 Å². The van der Waals surface area contributed by atoms with Crippen LogP contribution in [0.4, 0.5) is 5.69 Å². The molecular formula is C18H17ClN4O. The fraction of sp³-hybridized carbons (Fsp3) is 0.222. The Morgan fingerprint density at radius 3 is 2.75 bits per heavy atom. The molecule has 3 aromatic rings. The minimum atomic E-state index is -0.326. The van der Waals surface area contributed by atoms with Crippen LogP contribution < -0.4 is 5.73 Å². The van der Waals surface area contributed by atoms with E-state index in [2.05, 4.69) is 14.8 Å². The third-order valence-corrected chi connectivity index (χ3v) is 4.40. The van der Waals surface area contributed by atoms with Gasteiger partial charge in [0, 0.05) is 12.1 Å². The van der Waals surface area contributed by atoms with Gasteiger partial charge >= 0.3 is 0 Å². The molecule has 3 N–H and O–H groups in total. The topological polar surface area (TPSA) is 68.3 Å². The zero-order valence-electron chi connectivity index (χ0n) is 13.4. The highest BCUT2D eigenvalue weighted by atomic mass is 35.5. The van der Waals surface area contributed by atoms with Crippen molar-refractivity contribution in [2.24, 2.45) is 5.73 Å². The van der Waals surface area contributed by atoms with Crippen LogP contribution in [0.1, 0.15) is 18.8 Å². The van der Waals surface area contributed by atoms with Crippen LogP contribution in [-0.2, 0) is 4.74 Å². The summed E-state index contributed by atoms with van der Waals surface area (Å²) in [7, 11) is 1.63. The first-order valence-electron chi connectivity index (χ1n) is 7.49. The van der Waals surface area contributed by atoms with E-state index in [1.807, 2.05) is 31.2 Å². The number of benzene rings is 2. The zero-order chi connectivity index (χ0) is 17.3. The smallest absolute Gasteiger partial charge is 0.188 e. The lowest BCUT2D eigenvalue weighted by molar-refractivity contribution is 0.0935. The van der Waals surface area contributed by atoms with Crippen LogP contribution in [0, 0.1) is 6.57 Å². The summed E-state index contributed by atoms with van der Waals surface area (Å²) < 4.78 is 5.27. The van der Waals surface area contributed by atoms with Crippen LogP contribution in [0.25, 0.3) is 27.0 Å². The molecule has 5 nitrogen and oxygen atoms in total. The Morgan fingerprint density at radius 2 is 2.08 bits per heavy atom. The molecule has 0 saturated heterocycles. The lowest BCUT2D eigenvalue weighted by Crippen LogP contribution is -2.26. The predicted molar refractivity (Wildman–Crippen MR) is 96.2 cm³/mol. The van der Waals surface area contributed by atoms with E-state index in [0.717, 1.165) is 22.2 Å². The number of methoxy groups -OCH3 is 1. The molecule has 0 unspecified atom stereocenters. The summed E-state index contributed by atoms with van der Waals surface area (Å²) in [6, 6.07) is 10.8. The average molecular weight is 341 g/mol. The van der Waals surface area contributed by atoms with Crippen molar-refractivity contribution in [2.45, 2.75) is 19.1 Å². The minimum Gasteiger partial charge on any atom is -0.380 e. The van der Waals surface area contributed by atoms with E-state index in [4.69, 9.17) is 28.6 Å². The Bertz CT molecular complexity index is 928. The molecule has 3 rings (SSSR count). The third-order valence-electron chi connectivity index (χ3n) is 4.09. The maximum atomic E-state index is 7.05. The van der Waals surface area contributed by atoms with Crippen molar-refractivity contribution in [2.75, 3.05) is 7.11 Å². The number of nitrogens with zero attached hydrogens (tertiary/aromatic N) is 2. The normalized spacial score (nSPS) is 13.6. The monoisotopic (exact) mass is 340 g/mol. The molecule has 0 saturated carbocycles. The van der Waals surface area contributed by atoms with E-state index in [-0.39, 0.29) is 12.1 Å². The lowest BCUT2D eigenvalue weighted by Gasteiger charge is -2.15. The van der Waals surface area contributed by atoms with E-state index >= 15 is 0 Å². The number of rotatable bonds is 4. The summed E-state index contributed by atoms with van der Waals surface area (Å²) >= 11 is 6.30. The Kier molecular flexibility index (Phi) is 4.54. The van der Waals surface area contributed by atoms with Crippen molar-refractivity contribution in [1.29, 1.82) is 0 Å². The molecule has 0 aliphatic heterocycles.